The Hall–Kier alpha value is -1.30. The molecule has 0 saturated heterocycles. The number of hydrogen-bond donors (Lipinski definition) is 0. The van der Waals surface area contributed by atoms with E-state index in [9.17, 15) is 0 Å². The summed E-state index contributed by atoms with van der Waals surface area (Å²) in [4.78, 5) is 0. The number of rotatable bonds is 7. The summed E-state index contributed by atoms with van der Waals surface area (Å²) >= 11 is 0. The van der Waals surface area contributed by atoms with Crippen LogP contribution in [0.4, 0.5) is 0 Å². The van der Waals surface area contributed by atoms with E-state index in [1.807, 2.05) is 0 Å². The molecule has 0 unspecified atom stereocenters. The normalized spacial score (nSPS) is 34.3. The van der Waals surface area contributed by atoms with Crippen LogP contribution in [-0.2, 0) is 6.42 Å². The lowest BCUT2D eigenvalue weighted by molar-refractivity contribution is 0.324. The zero-order valence-electron chi connectivity index (χ0n) is 21.0. The fourth-order valence-electron chi connectivity index (χ4n) is 6.53. The molecule has 3 fully saturated rings. The standard InChI is InChI=1S/C32H48/c1-3-4-26-17-21-31(22-18-26)32-23-19-30(20-24-32)16-15-29-13-11-28(12-14-29)10-9-27-7-5-25(2)6-8-27/h9-10,15-18,21-22,25,27-30,32H,3-8,11-14,19-20,23-24H2,1-2H3/b10-9+,16-15+. The van der Waals surface area contributed by atoms with Crippen LogP contribution in [0.5, 0.6) is 0 Å². The van der Waals surface area contributed by atoms with E-state index in [1.165, 1.54) is 95.5 Å². The van der Waals surface area contributed by atoms with Gasteiger partial charge >= 0.3 is 0 Å². The van der Waals surface area contributed by atoms with Crippen molar-refractivity contribution < 1.29 is 0 Å². The molecule has 1 aromatic rings. The third-order valence-corrected chi connectivity index (χ3v) is 8.95. The van der Waals surface area contributed by atoms with Gasteiger partial charge in [-0.1, -0.05) is 81.7 Å². The second-order valence-electron chi connectivity index (χ2n) is 11.6. The van der Waals surface area contributed by atoms with Crippen molar-refractivity contribution in [3.8, 4) is 0 Å². The van der Waals surface area contributed by atoms with Crippen molar-refractivity contribution in [2.75, 3.05) is 0 Å². The Labute approximate surface area is 199 Å². The quantitative estimate of drug-likeness (QED) is 0.376. The predicted molar refractivity (Wildman–Crippen MR) is 140 cm³/mol. The maximum Gasteiger partial charge on any atom is -0.0162 e. The number of hydrogen-bond acceptors (Lipinski definition) is 0. The Balaban J connectivity index is 1.15. The van der Waals surface area contributed by atoms with E-state index < -0.39 is 0 Å². The molecule has 0 spiro atoms. The molecule has 0 aliphatic heterocycles. The minimum Gasteiger partial charge on any atom is -0.0851 e. The smallest absolute Gasteiger partial charge is 0.0162 e. The number of aryl methyl sites for hydroxylation is 1. The van der Waals surface area contributed by atoms with Gasteiger partial charge < -0.3 is 0 Å². The molecular weight excluding hydrogens is 384 g/mol. The first-order valence-electron chi connectivity index (χ1n) is 14.1. The van der Waals surface area contributed by atoms with Gasteiger partial charge in [-0.3, -0.25) is 0 Å². The highest BCUT2D eigenvalue weighted by atomic mass is 14.3. The van der Waals surface area contributed by atoms with Crippen LogP contribution in [0.1, 0.15) is 114 Å². The van der Waals surface area contributed by atoms with Crippen molar-refractivity contribution in [2.45, 2.75) is 110 Å². The van der Waals surface area contributed by atoms with Crippen molar-refractivity contribution in [3.05, 3.63) is 59.7 Å². The SMILES string of the molecule is CCCc1ccc(C2CCC(/C=C/C3CCC(/C=C/C4CCC(C)CC4)CC3)CC2)cc1. The first-order chi connectivity index (χ1) is 15.7. The second kappa shape index (κ2) is 12.2. The first kappa shape index (κ1) is 23.8. The van der Waals surface area contributed by atoms with E-state index in [1.54, 1.807) is 5.56 Å². The lowest BCUT2D eigenvalue weighted by Gasteiger charge is -2.29. The maximum absolute atomic E-state index is 2.62. The average Bonchev–Trinajstić information content (AvgIpc) is 2.84. The molecular formula is C32H48. The van der Waals surface area contributed by atoms with Crippen molar-refractivity contribution in [1.82, 2.24) is 0 Å². The van der Waals surface area contributed by atoms with Crippen LogP contribution in [0.15, 0.2) is 48.6 Å². The molecule has 0 nitrogen and oxygen atoms in total. The van der Waals surface area contributed by atoms with E-state index in [0.29, 0.717) is 0 Å². The molecule has 3 aliphatic rings. The highest BCUT2D eigenvalue weighted by Crippen LogP contribution is 2.38. The lowest BCUT2D eigenvalue weighted by atomic mass is 9.77. The molecule has 0 radical (unpaired) electrons. The number of benzene rings is 1. The van der Waals surface area contributed by atoms with Crippen LogP contribution in [0, 0.1) is 29.6 Å². The molecule has 0 heterocycles. The van der Waals surface area contributed by atoms with E-state index >= 15 is 0 Å². The molecule has 0 N–H and O–H groups in total. The predicted octanol–water partition coefficient (Wildman–Crippen LogP) is 9.66. The lowest BCUT2D eigenvalue weighted by Crippen LogP contribution is -2.14. The largest absolute Gasteiger partial charge is 0.0851 e. The van der Waals surface area contributed by atoms with Gasteiger partial charge in [0.1, 0.15) is 0 Å². The van der Waals surface area contributed by atoms with Crippen molar-refractivity contribution in [2.24, 2.45) is 29.6 Å². The van der Waals surface area contributed by atoms with Crippen LogP contribution in [0.25, 0.3) is 0 Å². The highest BCUT2D eigenvalue weighted by molar-refractivity contribution is 5.26. The summed E-state index contributed by atoms with van der Waals surface area (Å²) in [5.41, 5.74) is 3.09. The molecule has 0 aromatic heterocycles. The average molecular weight is 433 g/mol. The van der Waals surface area contributed by atoms with Gasteiger partial charge in [0.25, 0.3) is 0 Å². The summed E-state index contributed by atoms with van der Waals surface area (Å²) in [7, 11) is 0. The van der Waals surface area contributed by atoms with Crippen LogP contribution in [0.3, 0.4) is 0 Å². The maximum atomic E-state index is 2.62. The van der Waals surface area contributed by atoms with Crippen molar-refractivity contribution in [3.63, 3.8) is 0 Å². The molecule has 176 valence electrons. The molecule has 1 aromatic carbocycles. The van der Waals surface area contributed by atoms with Crippen molar-refractivity contribution >= 4 is 0 Å². The highest BCUT2D eigenvalue weighted by Gasteiger charge is 2.23. The van der Waals surface area contributed by atoms with Gasteiger partial charge in [-0.2, -0.15) is 0 Å². The van der Waals surface area contributed by atoms with Crippen LogP contribution < -0.4 is 0 Å². The molecule has 32 heavy (non-hydrogen) atoms. The fraction of sp³-hybridized carbons (Fsp3) is 0.688. The van der Waals surface area contributed by atoms with Gasteiger partial charge in [-0.15, -0.1) is 0 Å². The van der Waals surface area contributed by atoms with E-state index in [4.69, 9.17) is 0 Å². The van der Waals surface area contributed by atoms with E-state index in [-0.39, 0.29) is 0 Å². The monoisotopic (exact) mass is 432 g/mol. The zero-order valence-corrected chi connectivity index (χ0v) is 21.0. The topological polar surface area (TPSA) is 0 Å². The van der Waals surface area contributed by atoms with Crippen LogP contribution >= 0.6 is 0 Å². The molecule has 0 bridgehead atoms. The van der Waals surface area contributed by atoms with E-state index in [2.05, 4.69) is 62.4 Å². The van der Waals surface area contributed by atoms with Crippen LogP contribution in [-0.4, -0.2) is 0 Å². The molecule has 0 amide bonds. The van der Waals surface area contributed by atoms with Gasteiger partial charge in [-0.25, -0.2) is 0 Å². The molecule has 3 saturated carbocycles. The zero-order chi connectivity index (χ0) is 22.2. The Morgan fingerprint density at radius 1 is 0.594 bits per heavy atom. The minimum atomic E-state index is 0.796. The molecule has 3 aliphatic carbocycles. The first-order valence-corrected chi connectivity index (χ1v) is 14.1. The van der Waals surface area contributed by atoms with Crippen LogP contribution in [0.2, 0.25) is 0 Å². The van der Waals surface area contributed by atoms with Gasteiger partial charge in [0.15, 0.2) is 0 Å². The summed E-state index contributed by atoms with van der Waals surface area (Å²) in [5, 5.41) is 0. The minimum absolute atomic E-state index is 0.796. The second-order valence-corrected chi connectivity index (χ2v) is 11.6. The van der Waals surface area contributed by atoms with Crippen molar-refractivity contribution in [1.29, 1.82) is 0 Å². The van der Waals surface area contributed by atoms with Gasteiger partial charge in [0.2, 0.25) is 0 Å². The van der Waals surface area contributed by atoms with Gasteiger partial charge in [-0.05, 0) is 117 Å². The fourth-order valence-corrected chi connectivity index (χ4v) is 6.53. The Morgan fingerprint density at radius 3 is 1.44 bits per heavy atom. The summed E-state index contributed by atoms with van der Waals surface area (Å²) < 4.78 is 0. The Kier molecular flexibility index (Phi) is 9.12. The van der Waals surface area contributed by atoms with Gasteiger partial charge in [0, 0.05) is 0 Å². The third-order valence-electron chi connectivity index (χ3n) is 8.95. The molecule has 0 heteroatoms. The van der Waals surface area contributed by atoms with Gasteiger partial charge in [0.05, 0.1) is 0 Å². The third kappa shape index (κ3) is 7.10. The Morgan fingerprint density at radius 2 is 1.00 bits per heavy atom. The summed E-state index contributed by atoms with van der Waals surface area (Å²) in [6.07, 6.45) is 29.8. The summed E-state index contributed by atoms with van der Waals surface area (Å²) in [5.74, 6) is 5.18. The molecule has 0 atom stereocenters. The Bertz CT molecular complexity index is 699. The summed E-state index contributed by atoms with van der Waals surface area (Å²) in [6, 6.07) is 9.55. The number of allylic oxidation sites excluding steroid dienone is 4. The molecule has 4 rings (SSSR count). The van der Waals surface area contributed by atoms with E-state index in [0.717, 1.165) is 35.5 Å². The summed E-state index contributed by atoms with van der Waals surface area (Å²) in [6.45, 7) is 4.69.